The van der Waals surface area contributed by atoms with Gasteiger partial charge in [-0.3, -0.25) is 4.79 Å². The molecular formula is C15H16N6O2. The molecule has 1 unspecified atom stereocenters. The van der Waals surface area contributed by atoms with E-state index in [4.69, 9.17) is 4.74 Å². The normalized spacial score (nSPS) is 12.1. The van der Waals surface area contributed by atoms with Crippen LogP contribution in [-0.4, -0.2) is 36.7 Å². The summed E-state index contributed by atoms with van der Waals surface area (Å²) < 4.78 is 5.89. The minimum absolute atomic E-state index is 0.0717. The number of nitrogens with zero attached hydrogens (tertiary/aromatic N) is 4. The molecule has 1 atom stereocenters. The van der Waals surface area contributed by atoms with Crippen molar-refractivity contribution in [3.05, 3.63) is 40.8 Å². The van der Waals surface area contributed by atoms with Crippen LogP contribution >= 0.6 is 0 Å². The molecule has 0 fully saturated rings. The molecule has 0 bridgehead atoms. The fourth-order valence-corrected chi connectivity index (χ4v) is 2.04. The fourth-order valence-electron chi connectivity index (χ4n) is 2.04. The number of benzene rings is 1. The lowest BCUT2D eigenvalue weighted by Crippen LogP contribution is -2.14. The SMILES string of the molecule is CCC(C)Oc1ccccc1-c1ncc(-c2nnn[nH]2)c(=O)[nH]1. The Morgan fingerprint density at radius 1 is 1.22 bits per heavy atom. The van der Waals surface area contributed by atoms with Gasteiger partial charge in [0.1, 0.15) is 17.1 Å². The van der Waals surface area contributed by atoms with Crippen LogP contribution in [0.3, 0.4) is 0 Å². The Labute approximate surface area is 131 Å². The van der Waals surface area contributed by atoms with E-state index in [0.717, 1.165) is 12.0 Å². The molecule has 0 saturated carbocycles. The van der Waals surface area contributed by atoms with Crippen molar-refractivity contribution < 1.29 is 4.74 Å². The quantitative estimate of drug-likeness (QED) is 0.743. The predicted octanol–water partition coefficient (Wildman–Crippen LogP) is 1.79. The Morgan fingerprint density at radius 3 is 2.74 bits per heavy atom. The van der Waals surface area contributed by atoms with Crippen molar-refractivity contribution in [2.24, 2.45) is 0 Å². The highest BCUT2D eigenvalue weighted by Crippen LogP contribution is 2.28. The summed E-state index contributed by atoms with van der Waals surface area (Å²) in [5, 5.41) is 13.2. The Kier molecular flexibility index (Phi) is 4.13. The third kappa shape index (κ3) is 3.10. The lowest BCUT2D eigenvalue weighted by Gasteiger charge is -2.15. The number of ether oxygens (including phenoxy) is 1. The van der Waals surface area contributed by atoms with E-state index in [1.165, 1.54) is 6.20 Å². The zero-order chi connectivity index (χ0) is 16.2. The van der Waals surface area contributed by atoms with Crippen LogP contribution in [0, 0.1) is 0 Å². The van der Waals surface area contributed by atoms with Gasteiger partial charge in [-0.2, -0.15) is 0 Å². The summed E-state index contributed by atoms with van der Waals surface area (Å²) in [7, 11) is 0. The third-order valence-electron chi connectivity index (χ3n) is 3.45. The van der Waals surface area contributed by atoms with Crippen LogP contribution in [0.2, 0.25) is 0 Å². The summed E-state index contributed by atoms with van der Waals surface area (Å²) in [6.07, 6.45) is 2.40. The first-order chi connectivity index (χ1) is 11.2. The molecule has 1 aromatic carbocycles. The number of aromatic amines is 2. The smallest absolute Gasteiger partial charge is 0.262 e. The first kappa shape index (κ1) is 14.9. The maximum absolute atomic E-state index is 12.2. The number of H-pyrrole nitrogens is 2. The second-order valence-corrected chi connectivity index (χ2v) is 5.06. The number of hydrogen-bond acceptors (Lipinski definition) is 6. The summed E-state index contributed by atoms with van der Waals surface area (Å²) >= 11 is 0. The van der Waals surface area contributed by atoms with Gasteiger partial charge in [-0.1, -0.05) is 19.1 Å². The minimum Gasteiger partial charge on any atom is -0.490 e. The summed E-state index contributed by atoms with van der Waals surface area (Å²) in [4.78, 5) is 19.3. The molecule has 0 spiro atoms. The van der Waals surface area contributed by atoms with Crippen LogP contribution in [-0.2, 0) is 0 Å². The second kappa shape index (κ2) is 6.39. The van der Waals surface area contributed by atoms with Gasteiger partial charge in [0, 0.05) is 6.20 Å². The summed E-state index contributed by atoms with van der Waals surface area (Å²) in [5.41, 5.74) is 0.679. The van der Waals surface area contributed by atoms with Crippen LogP contribution in [0.4, 0.5) is 0 Å². The maximum Gasteiger partial charge on any atom is 0.262 e. The number of hydrogen-bond donors (Lipinski definition) is 2. The highest BCUT2D eigenvalue weighted by molar-refractivity contribution is 5.65. The summed E-state index contributed by atoms with van der Waals surface area (Å²) in [6.45, 7) is 4.04. The molecule has 2 heterocycles. The van der Waals surface area contributed by atoms with Crippen LogP contribution < -0.4 is 10.3 Å². The van der Waals surface area contributed by atoms with Crippen molar-refractivity contribution in [3.63, 3.8) is 0 Å². The van der Waals surface area contributed by atoms with Gasteiger partial charge >= 0.3 is 0 Å². The zero-order valence-electron chi connectivity index (χ0n) is 12.8. The highest BCUT2D eigenvalue weighted by atomic mass is 16.5. The number of rotatable bonds is 5. The van der Waals surface area contributed by atoms with Gasteiger partial charge in [0.05, 0.1) is 11.7 Å². The Morgan fingerprint density at radius 2 is 2.04 bits per heavy atom. The Hall–Kier alpha value is -3.03. The van der Waals surface area contributed by atoms with Crippen molar-refractivity contribution in [1.82, 2.24) is 30.6 Å². The number of aromatic nitrogens is 6. The van der Waals surface area contributed by atoms with E-state index in [0.29, 0.717) is 11.6 Å². The largest absolute Gasteiger partial charge is 0.490 e. The standard InChI is InChI=1S/C15H16N6O2/c1-3-9(2)23-12-7-5-4-6-10(12)13-16-8-11(15(22)17-13)14-18-20-21-19-14/h4-9H,3H2,1-2H3,(H,16,17,22)(H,18,19,20,21). The molecule has 3 rings (SSSR count). The fraction of sp³-hybridized carbons (Fsp3) is 0.267. The monoisotopic (exact) mass is 312 g/mol. The van der Waals surface area contributed by atoms with Gasteiger partial charge in [-0.25, -0.2) is 10.1 Å². The van der Waals surface area contributed by atoms with Gasteiger partial charge in [-0.15, -0.1) is 5.10 Å². The average Bonchev–Trinajstić information content (AvgIpc) is 3.09. The van der Waals surface area contributed by atoms with Crippen molar-refractivity contribution >= 4 is 0 Å². The molecule has 8 heteroatoms. The van der Waals surface area contributed by atoms with E-state index < -0.39 is 0 Å². The second-order valence-electron chi connectivity index (χ2n) is 5.06. The molecule has 3 aromatic rings. The summed E-state index contributed by atoms with van der Waals surface area (Å²) in [6, 6.07) is 7.46. The molecule has 0 radical (unpaired) electrons. The number of nitrogens with one attached hydrogen (secondary N) is 2. The van der Waals surface area contributed by atoms with Crippen molar-refractivity contribution in [2.45, 2.75) is 26.4 Å². The molecule has 0 saturated heterocycles. The van der Waals surface area contributed by atoms with E-state index in [1.54, 1.807) is 0 Å². The van der Waals surface area contributed by atoms with Crippen molar-refractivity contribution in [2.75, 3.05) is 0 Å². The van der Waals surface area contributed by atoms with E-state index >= 15 is 0 Å². The van der Waals surface area contributed by atoms with Crippen LogP contribution in [0.25, 0.3) is 22.8 Å². The first-order valence-electron chi connectivity index (χ1n) is 7.28. The molecule has 0 aliphatic heterocycles. The molecule has 0 amide bonds. The van der Waals surface area contributed by atoms with Gasteiger partial charge in [0.15, 0.2) is 5.82 Å². The first-order valence-corrected chi connectivity index (χ1v) is 7.28. The molecule has 0 aliphatic carbocycles. The predicted molar refractivity (Wildman–Crippen MR) is 83.8 cm³/mol. The Bertz CT molecular complexity index is 843. The lowest BCUT2D eigenvalue weighted by molar-refractivity contribution is 0.218. The van der Waals surface area contributed by atoms with Crippen molar-refractivity contribution in [1.29, 1.82) is 0 Å². The maximum atomic E-state index is 12.2. The highest BCUT2D eigenvalue weighted by Gasteiger charge is 2.13. The molecule has 23 heavy (non-hydrogen) atoms. The molecule has 2 aromatic heterocycles. The van der Waals surface area contributed by atoms with E-state index in [-0.39, 0.29) is 23.1 Å². The average molecular weight is 312 g/mol. The van der Waals surface area contributed by atoms with Gasteiger partial charge in [0.25, 0.3) is 5.56 Å². The molecule has 0 aliphatic rings. The van der Waals surface area contributed by atoms with Gasteiger partial charge < -0.3 is 9.72 Å². The number of tetrazole rings is 1. The minimum atomic E-state index is -0.327. The van der Waals surface area contributed by atoms with E-state index in [9.17, 15) is 4.79 Å². The molecule has 118 valence electrons. The van der Waals surface area contributed by atoms with Crippen LogP contribution in [0.15, 0.2) is 35.3 Å². The zero-order valence-corrected chi connectivity index (χ0v) is 12.8. The van der Waals surface area contributed by atoms with Crippen LogP contribution in [0.5, 0.6) is 5.75 Å². The summed E-state index contributed by atoms with van der Waals surface area (Å²) in [5.74, 6) is 1.39. The Balaban J connectivity index is 2.00. The van der Waals surface area contributed by atoms with E-state index in [1.807, 2.05) is 38.1 Å². The molecular weight excluding hydrogens is 296 g/mol. The van der Waals surface area contributed by atoms with Crippen molar-refractivity contribution in [3.8, 4) is 28.5 Å². The molecule has 8 nitrogen and oxygen atoms in total. The van der Waals surface area contributed by atoms with Crippen LogP contribution in [0.1, 0.15) is 20.3 Å². The topological polar surface area (TPSA) is 109 Å². The third-order valence-corrected chi connectivity index (χ3v) is 3.45. The lowest BCUT2D eigenvalue weighted by atomic mass is 10.1. The molecule has 2 N–H and O–H groups in total. The van der Waals surface area contributed by atoms with E-state index in [2.05, 4.69) is 30.6 Å². The van der Waals surface area contributed by atoms with Gasteiger partial charge in [0.2, 0.25) is 0 Å². The van der Waals surface area contributed by atoms with Gasteiger partial charge in [-0.05, 0) is 35.9 Å². The number of para-hydroxylation sites is 1.